The van der Waals surface area contributed by atoms with Crippen molar-refractivity contribution in [2.24, 2.45) is 0 Å². The minimum Gasteiger partial charge on any atom is -0.475 e. The van der Waals surface area contributed by atoms with Gasteiger partial charge >= 0.3 is 7.60 Å². The fraction of sp³-hybridized carbons (Fsp3) is 0.231. The Morgan fingerprint density at radius 2 is 1.91 bits per heavy atom. The van der Waals surface area contributed by atoms with Crippen LogP contribution >= 0.6 is 7.60 Å². The highest BCUT2D eigenvalue weighted by Crippen LogP contribution is 2.33. The van der Waals surface area contributed by atoms with Gasteiger partial charge in [-0.05, 0) is 0 Å². The van der Waals surface area contributed by atoms with Gasteiger partial charge in [0.25, 0.3) is 5.56 Å². The Balaban J connectivity index is 1.96. The molecular weight excluding hydrogens is 311 g/mol. The lowest BCUT2D eigenvalue weighted by Gasteiger charge is -2.08. The van der Waals surface area contributed by atoms with E-state index in [1.807, 2.05) is 18.2 Å². The molecule has 2 rings (SSSR count). The first-order valence-corrected chi connectivity index (χ1v) is 8.16. The van der Waals surface area contributed by atoms with Crippen molar-refractivity contribution in [2.75, 3.05) is 19.6 Å². The van der Waals surface area contributed by atoms with Gasteiger partial charge in [-0.3, -0.25) is 9.36 Å². The van der Waals surface area contributed by atoms with Crippen LogP contribution in [-0.2, 0) is 9.30 Å². The van der Waals surface area contributed by atoms with Crippen LogP contribution in [0.15, 0.2) is 41.2 Å². The van der Waals surface area contributed by atoms with E-state index >= 15 is 0 Å². The van der Waals surface area contributed by atoms with E-state index in [1.165, 1.54) is 6.07 Å². The van der Waals surface area contributed by atoms with Crippen molar-refractivity contribution >= 4 is 7.60 Å². The number of hydrogen-bond acceptors (Lipinski definition) is 5. The van der Waals surface area contributed by atoms with Gasteiger partial charge in [0.05, 0.1) is 12.7 Å². The third-order valence-corrected chi connectivity index (χ3v) is 3.02. The average Bonchev–Trinajstić information content (AvgIpc) is 2.46. The zero-order valence-electron chi connectivity index (χ0n) is 11.5. The highest BCUT2D eigenvalue weighted by molar-refractivity contribution is 7.51. The molecule has 0 bridgehead atoms. The maximum Gasteiger partial charge on any atom is 0.350 e. The Bertz CT molecular complexity index is 712. The number of aromatic amines is 1. The molecule has 2 aromatic rings. The number of H-pyrrole nitrogens is 1. The van der Waals surface area contributed by atoms with Crippen LogP contribution in [0.25, 0.3) is 11.4 Å². The van der Waals surface area contributed by atoms with E-state index in [9.17, 15) is 9.36 Å². The van der Waals surface area contributed by atoms with Crippen LogP contribution < -0.4 is 10.3 Å². The lowest BCUT2D eigenvalue weighted by atomic mass is 10.2. The molecule has 0 saturated carbocycles. The summed E-state index contributed by atoms with van der Waals surface area (Å²) in [6, 6.07) is 10.3. The Kier molecular flexibility index (Phi) is 5.46. The molecule has 0 aliphatic rings. The summed E-state index contributed by atoms with van der Waals surface area (Å²) >= 11 is 0. The fourth-order valence-corrected chi connectivity index (χ4v) is 2.00. The smallest absolute Gasteiger partial charge is 0.350 e. The van der Waals surface area contributed by atoms with Crippen molar-refractivity contribution in [3.8, 4) is 17.3 Å². The normalized spacial score (nSPS) is 11.4. The minimum atomic E-state index is -4.18. The molecule has 1 heterocycles. The largest absolute Gasteiger partial charge is 0.475 e. The Morgan fingerprint density at radius 3 is 2.59 bits per heavy atom. The molecule has 0 atom stereocenters. The predicted octanol–water partition coefficient (Wildman–Crippen LogP) is 0.967. The van der Waals surface area contributed by atoms with Crippen LogP contribution in [0.5, 0.6) is 5.88 Å². The molecule has 0 amide bonds. The first kappa shape index (κ1) is 16.4. The fourth-order valence-electron chi connectivity index (χ4n) is 1.63. The van der Waals surface area contributed by atoms with Crippen molar-refractivity contribution in [1.29, 1.82) is 0 Å². The molecule has 0 aliphatic heterocycles. The van der Waals surface area contributed by atoms with Gasteiger partial charge in [-0.1, -0.05) is 30.3 Å². The highest BCUT2D eigenvalue weighted by atomic mass is 31.2. The molecule has 0 fully saturated rings. The van der Waals surface area contributed by atoms with Gasteiger partial charge < -0.3 is 24.2 Å². The lowest BCUT2D eigenvalue weighted by Crippen LogP contribution is -2.13. The van der Waals surface area contributed by atoms with E-state index in [-0.39, 0.29) is 24.7 Å². The van der Waals surface area contributed by atoms with Gasteiger partial charge in [-0.25, -0.2) is 0 Å². The van der Waals surface area contributed by atoms with Crippen LogP contribution in [0.4, 0.5) is 0 Å². The van der Waals surface area contributed by atoms with Crippen LogP contribution in [-0.4, -0.2) is 39.3 Å². The van der Waals surface area contributed by atoms with Crippen molar-refractivity contribution in [3.63, 3.8) is 0 Å². The predicted molar refractivity (Wildman–Crippen MR) is 78.7 cm³/mol. The van der Waals surface area contributed by atoms with E-state index in [2.05, 4.69) is 9.97 Å². The van der Waals surface area contributed by atoms with Gasteiger partial charge in [0.15, 0.2) is 0 Å². The summed E-state index contributed by atoms with van der Waals surface area (Å²) in [4.78, 5) is 35.6. The highest BCUT2D eigenvalue weighted by Gasteiger charge is 2.12. The first-order valence-electron chi connectivity index (χ1n) is 6.36. The molecule has 3 N–H and O–H groups in total. The summed E-state index contributed by atoms with van der Waals surface area (Å²) in [7, 11) is -4.18. The number of aromatic nitrogens is 2. The SMILES string of the molecule is O=c1cc(OCCOCP(=O)(O)O)nc(-c2ccccc2)[nH]1. The van der Waals surface area contributed by atoms with Crippen LogP contribution in [0.3, 0.4) is 0 Å². The van der Waals surface area contributed by atoms with E-state index in [4.69, 9.17) is 19.3 Å². The minimum absolute atomic E-state index is 0.0185. The molecule has 1 aromatic carbocycles. The van der Waals surface area contributed by atoms with E-state index in [0.29, 0.717) is 5.82 Å². The Labute approximate surface area is 125 Å². The summed E-state index contributed by atoms with van der Waals surface area (Å²) in [6.07, 6.45) is -0.672. The molecule has 0 saturated heterocycles. The van der Waals surface area contributed by atoms with Crippen LogP contribution in [0.1, 0.15) is 0 Å². The summed E-state index contributed by atoms with van der Waals surface area (Å²) in [5, 5.41) is 0. The second kappa shape index (κ2) is 7.33. The maximum atomic E-state index is 11.6. The van der Waals surface area contributed by atoms with E-state index in [0.717, 1.165) is 5.56 Å². The molecule has 0 spiro atoms. The number of rotatable bonds is 7. The second-order valence-electron chi connectivity index (χ2n) is 4.35. The van der Waals surface area contributed by atoms with Crippen molar-refractivity contribution in [1.82, 2.24) is 9.97 Å². The van der Waals surface area contributed by atoms with E-state index < -0.39 is 13.9 Å². The standard InChI is InChI=1S/C13H15N2O6P/c16-11-8-12(21-7-6-20-9-22(17,18)19)15-13(14-11)10-4-2-1-3-5-10/h1-5,8H,6-7,9H2,(H,14,15,16)(H2,17,18,19). The summed E-state index contributed by atoms with van der Waals surface area (Å²) < 4.78 is 20.6. The van der Waals surface area contributed by atoms with Gasteiger partial charge in [0, 0.05) is 5.56 Å². The van der Waals surface area contributed by atoms with Crippen LogP contribution in [0.2, 0.25) is 0 Å². The quantitative estimate of drug-likeness (QED) is 0.512. The summed E-state index contributed by atoms with van der Waals surface area (Å²) in [6.45, 7) is -0.00899. The Morgan fingerprint density at radius 1 is 1.18 bits per heavy atom. The van der Waals surface area contributed by atoms with Crippen molar-refractivity contribution in [3.05, 3.63) is 46.8 Å². The van der Waals surface area contributed by atoms with Gasteiger partial charge in [0.2, 0.25) is 5.88 Å². The molecule has 0 aliphatic carbocycles. The zero-order valence-corrected chi connectivity index (χ0v) is 12.4. The monoisotopic (exact) mass is 326 g/mol. The molecular formula is C13H15N2O6P. The second-order valence-corrected chi connectivity index (χ2v) is 5.94. The van der Waals surface area contributed by atoms with Gasteiger partial charge in [-0.15, -0.1) is 0 Å². The Hall–Kier alpha value is -1.99. The topological polar surface area (TPSA) is 122 Å². The zero-order chi connectivity index (χ0) is 16.0. The first-order chi connectivity index (χ1) is 10.4. The van der Waals surface area contributed by atoms with Crippen LogP contribution in [0, 0.1) is 0 Å². The third kappa shape index (κ3) is 5.42. The van der Waals surface area contributed by atoms with Crippen molar-refractivity contribution in [2.45, 2.75) is 0 Å². The number of nitrogens with one attached hydrogen (secondary N) is 1. The number of benzene rings is 1. The lowest BCUT2D eigenvalue weighted by molar-refractivity contribution is 0.118. The molecule has 1 aromatic heterocycles. The molecule has 22 heavy (non-hydrogen) atoms. The number of nitrogens with zero attached hydrogens (tertiary/aromatic N) is 1. The average molecular weight is 326 g/mol. The summed E-state index contributed by atoms with van der Waals surface area (Å²) in [5.41, 5.74) is 0.378. The molecule has 9 heteroatoms. The van der Waals surface area contributed by atoms with Crippen molar-refractivity contribution < 1.29 is 23.8 Å². The molecule has 8 nitrogen and oxygen atoms in total. The number of ether oxygens (including phenoxy) is 2. The third-order valence-electron chi connectivity index (χ3n) is 2.50. The summed E-state index contributed by atoms with van der Waals surface area (Å²) in [5.74, 6) is 0.488. The molecule has 0 radical (unpaired) electrons. The maximum absolute atomic E-state index is 11.6. The van der Waals surface area contributed by atoms with Gasteiger partial charge in [-0.2, -0.15) is 4.98 Å². The van der Waals surface area contributed by atoms with E-state index in [1.54, 1.807) is 12.1 Å². The molecule has 0 unspecified atom stereocenters. The number of hydrogen-bond donors (Lipinski definition) is 3. The molecule has 118 valence electrons. The van der Waals surface area contributed by atoms with Gasteiger partial charge in [0.1, 0.15) is 18.8 Å².